The van der Waals surface area contributed by atoms with Crippen LogP contribution < -0.4 is 0 Å². The van der Waals surface area contributed by atoms with Gasteiger partial charge in [0.05, 0.1) is 0 Å². The van der Waals surface area contributed by atoms with E-state index in [1.165, 1.54) is 44.8 Å². The zero-order valence-corrected chi connectivity index (χ0v) is 10.3. The van der Waals surface area contributed by atoms with Crippen LogP contribution in [0.4, 0.5) is 0 Å². The van der Waals surface area contributed by atoms with Gasteiger partial charge in [-0.1, -0.05) is 31.5 Å². The molecule has 1 rings (SSSR count). The second-order valence-electron chi connectivity index (χ2n) is 3.98. The van der Waals surface area contributed by atoms with E-state index in [4.69, 9.17) is 0 Å². The minimum Gasteiger partial charge on any atom is -0.323 e. The molecule has 1 nitrogen and oxygen atoms in total. The summed E-state index contributed by atoms with van der Waals surface area (Å²) in [5.74, 6) is 0. The van der Waals surface area contributed by atoms with Crippen LogP contribution in [0.2, 0.25) is 6.04 Å². The predicted octanol–water partition coefficient (Wildman–Crippen LogP) is 2.72. The second-order valence-corrected chi connectivity index (χ2v) is 6.81. The standard InChI is InChI=1S/C11H23NSi/c1-3-10-13(11-4-2)12-8-6-5-7-9-12/h3,10,13H,4-9,11H2,1-2H3. The van der Waals surface area contributed by atoms with Gasteiger partial charge >= 0.3 is 0 Å². The molecule has 1 heterocycles. The van der Waals surface area contributed by atoms with E-state index in [2.05, 4.69) is 30.2 Å². The van der Waals surface area contributed by atoms with Gasteiger partial charge in [-0.05, 0) is 38.9 Å². The summed E-state index contributed by atoms with van der Waals surface area (Å²) in [4.78, 5) is 0. The van der Waals surface area contributed by atoms with E-state index in [0.29, 0.717) is 0 Å². The summed E-state index contributed by atoms with van der Waals surface area (Å²) in [6.45, 7) is 7.23. The van der Waals surface area contributed by atoms with Gasteiger partial charge in [0, 0.05) is 0 Å². The summed E-state index contributed by atoms with van der Waals surface area (Å²) in [7, 11) is -0.662. The highest BCUT2D eigenvalue weighted by Crippen LogP contribution is 2.14. The topological polar surface area (TPSA) is 3.24 Å². The van der Waals surface area contributed by atoms with Gasteiger partial charge in [-0.15, -0.1) is 0 Å². The van der Waals surface area contributed by atoms with Crippen LogP contribution >= 0.6 is 0 Å². The maximum atomic E-state index is 2.78. The van der Waals surface area contributed by atoms with Gasteiger partial charge < -0.3 is 4.57 Å². The van der Waals surface area contributed by atoms with Crippen molar-refractivity contribution in [2.45, 2.75) is 45.6 Å². The summed E-state index contributed by atoms with van der Waals surface area (Å²) < 4.78 is 2.78. The van der Waals surface area contributed by atoms with Crippen molar-refractivity contribution in [2.24, 2.45) is 0 Å². The second kappa shape index (κ2) is 6.38. The van der Waals surface area contributed by atoms with Crippen molar-refractivity contribution in [2.75, 3.05) is 13.1 Å². The Kier molecular flexibility index (Phi) is 5.40. The smallest absolute Gasteiger partial charge is 0.136 e. The highest BCUT2D eigenvalue weighted by atomic mass is 28.3. The van der Waals surface area contributed by atoms with Crippen LogP contribution in [0.1, 0.15) is 39.5 Å². The maximum absolute atomic E-state index is 2.78. The van der Waals surface area contributed by atoms with Crippen molar-refractivity contribution in [3.63, 3.8) is 0 Å². The average molecular weight is 197 g/mol. The molecule has 1 atom stereocenters. The molecule has 2 heteroatoms. The van der Waals surface area contributed by atoms with Crippen molar-refractivity contribution in [1.82, 2.24) is 4.57 Å². The first-order valence-corrected chi connectivity index (χ1v) is 7.75. The van der Waals surface area contributed by atoms with Crippen molar-refractivity contribution in [3.05, 3.63) is 11.8 Å². The lowest BCUT2D eigenvalue weighted by Gasteiger charge is -2.32. The molecule has 1 aliphatic rings. The summed E-state index contributed by atoms with van der Waals surface area (Å²) in [6, 6.07) is 1.46. The summed E-state index contributed by atoms with van der Waals surface area (Å²) >= 11 is 0. The van der Waals surface area contributed by atoms with E-state index in [9.17, 15) is 0 Å². The minimum atomic E-state index is -0.662. The molecule has 0 aromatic carbocycles. The maximum Gasteiger partial charge on any atom is 0.136 e. The SMILES string of the molecule is CC=C[SiH](CCC)N1CCCCC1. The van der Waals surface area contributed by atoms with Crippen LogP contribution in [-0.2, 0) is 0 Å². The number of nitrogens with zero attached hydrogens (tertiary/aromatic N) is 1. The van der Waals surface area contributed by atoms with Gasteiger partial charge in [-0.25, -0.2) is 0 Å². The molecule has 0 bridgehead atoms. The first-order chi connectivity index (χ1) is 6.38. The number of rotatable bonds is 4. The van der Waals surface area contributed by atoms with Gasteiger partial charge in [0.2, 0.25) is 0 Å². The molecule has 0 saturated carbocycles. The van der Waals surface area contributed by atoms with Gasteiger partial charge in [0.25, 0.3) is 0 Å². The van der Waals surface area contributed by atoms with E-state index in [1.807, 2.05) is 0 Å². The molecule has 1 unspecified atom stereocenters. The molecule has 1 saturated heterocycles. The summed E-state index contributed by atoms with van der Waals surface area (Å²) in [5, 5.41) is 0. The third-order valence-electron chi connectivity index (χ3n) is 2.86. The van der Waals surface area contributed by atoms with Gasteiger partial charge in [0.1, 0.15) is 8.96 Å². The lowest BCUT2D eigenvalue weighted by atomic mass is 10.2. The molecule has 0 N–H and O–H groups in total. The normalized spacial score (nSPS) is 22.3. The Hall–Kier alpha value is -0.0831. The molecule has 1 fully saturated rings. The van der Waals surface area contributed by atoms with E-state index in [0.717, 1.165) is 0 Å². The van der Waals surface area contributed by atoms with Crippen molar-refractivity contribution in [3.8, 4) is 0 Å². The van der Waals surface area contributed by atoms with Gasteiger partial charge in [-0.2, -0.15) is 0 Å². The number of allylic oxidation sites excluding steroid dienone is 1. The number of piperidine rings is 1. The highest BCUT2D eigenvalue weighted by molar-refractivity contribution is 6.61. The Morgan fingerprint density at radius 3 is 2.46 bits per heavy atom. The summed E-state index contributed by atoms with van der Waals surface area (Å²) in [6.07, 6.45) is 7.95. The Bertz CT molecular complexity index is 150. The van der Waals surface area contributed by atoms with Crippen molar-refractivity contribution in [1.29, 1.82) is 0 Å². The first-order valence-electron chi connectivity index (χ1n) is 5.75. The average Bonchev–Trinajstić information content (AvgIpc) is 2.19. The lowest BCUT2D eigenvalue weighted by Crippen LogP contribution is -2.41. The zero-order valence-electron chi connectivity index (χ0n) is 9.13. The van der Waals surface area contributed by atoms with E-state index in [-0.39, 0.29) is 0 Å². The highest BCUT2D eigenvalue weighted by Gasteiger charge is 2.18. The Morgan fingerprint density at radius 2 is 1.92 bits per heavy atom. The quantitative estimate of drug-likeness (QED) is 0.626. The molecule has 0 amide bonds. The third-order valence-corrected chi connectivity index (χ3v) is 6.31. The predicted molar refractivity (Wildman–Crippen MR) is 62.5 cm³/mol. The molecule has 1 aliphatic heterocycles. The molecule has 0 aromatic heterocycles. The monoisotopic (exact) mass is 197 g/mol. The van der Waals surface area contributed by atoms with Crippen LogP contribution in [0.3, 0.4) is 0 Å². The van der Waals surface area contributed by atoms with Gasteiger partial charge in [-0.3, -0.25) is 0 Å². The molecular formula is C11H23NSi. The van der Waals surface area contributed by atoms with Crippen LogP contribution in [0.5, 0.6) is 0 Å². The van der Waals surface area contributed by atoms with E-state index in [1.54, 1.807) is 0 Å². The first kappa shape index (κ1) is 11.0. The molecule has 0 radical (unpaired) electrons. The third kappa shape index (κ3) is 3.65. The fourth-order valence-corrected chi connectivity index (χ4v) is 5.03. The lowest BCUT2D eigenvalue weighted by molar-refractivity contribution is 0.353. The van der Waals surface area contributed by atoms with Crippen molar-refractivity contribution >= 4 is 8.96 Å². The molecular weight excluding hydrogens is 174 g/mol. The fraction of sp³-hybridized carbons (Fsp3) is 0.818. The molecule has 0 spiro atoms. The minimum absolute atomic E-state index is 0.662. The van der Waals surface area contributed by atoms with Crippen LogP contribution in [0.15, 0.2) is 11.8 Å². The largest absolute Gasteiger partial charge is 0.323 e. The number of hydrogen-bond acceptors (Lipinski definition) is 1. The van der Waals surface area contributed by atoms with E-state index >= 15 is 0 Å². The fourth-order valence-electron chi connectivity index (χ4n) is 2.17. The molecule has 0 aliphatic carbocycles. The molecule has 0 aromatic rings. The van der Waals surface area contributed by atoms with E-state index < -0.39 is 8.96 Å². The summed E-state index contributed by atoms with van der Waals surface area (Å²) in [5.41, 5.74) is 2.51. The zero-order chi connectivity index (χ0) is 9.52. The van der Waals surface area contributed by atoms with Crippen LogP contribution in [0, 0.1) is 0 Å². The van der Waals surface area contributed by atoms with Crippen LogP contribution in [0.25, 0.3) is 0 Å². The Balaban J connectivity index is 2.41. The van der Waals surface area contributed by atoms with Gasteiger partial charge in [0.15, 0.2) is 0 Å². The molecule has 13 heavy (non-hydrogen) atoms. The Labute approximate surface area is 84.5 Å². The Morgan fingerprint density at radius 1 is 1.23 bits per heavy atom. The molecule has 76 valence electrons. The van der Waals surface area contributed by atoms with Crippen molar-refractivity contribution < 1.29 is 0 Å². The number of hydrogen-bond donors (Lipinski definition) is 0. The van der Waals surface area contributed by atoms with Crippen LogP contribution in [-0.4, -0.2) is 26.6 Å².